The Labute approximate surface area is 131 Å². The van der Waals surface area contributed by atoms with Gasteiger partial charge in [0, 0.05) is 12.1 Å². The highest BCUT2D eigenvalue weighted by molar-refractivity contribution is 7.85. The topological polar surface area (TPSA) is 87.1 Å². The van der Waals surface area contributed by atoms with Crippen LogP contribution in [0.5, 0.6) is 0 Å². The van der Waals surface area contributed by atoms with E-state index >= 15 is 0 Å². The van der Waals surface area contributed by atoms with Gasteiger partial charge in [0.2, 0.25) is 0 Å². The molecule has 0 aliphatic heterocycles. The second-order valence-corrected chi connectivity index (χ2v) is 7.01. The lowest BCUT2D eigenvalue weighted by Gasteiger charge is -2.08. The number of nitrogens with two attached hydrogens (primary N) is 1. The molecule has 0 radical (unpaired) electrons. The van der Waals surface area contributed by atoms with Crippen molar-refractivity contribution >= 4 is 10.1 Å². The monoisotopic (exact) mass is 320 g/mol. The smallest absolute Gasteiger partial charge is 0.199 e. The van der Waals surface area contributed by atoms with Gasteiger partial charge >= 0.3 is 0 Å². The fourth-order valence-electron chi connectivity index (χ4n) is 2.22. The van der Waals surface area contributed by atoms with Crippen LogP contribution in [0.4, 0.5) is 0 Å². The summed E-state index contributed by atoms with van der Waals surface area (Å²) in [4.78, 5) is -0.153. The Bertz CT molecular complexity index is 731. The first-order valence-electron chi connectivity index (χ1n) is 7.06. The third-order valence-electron chi connectivity index (χ3n) is 3.41. The third-order valence-corrected chi connectivity index (χ3v) is 4.22. The summed E-state index contributed by atoms with van der Waals surface area (Å²) in [6.45, 7) is 3.50. The van der Waals surface area contributed by atoms with E-state index in [2.05, 4.69) is 12.1 Å². The van der Waals surface area contributed by atoms with Gasteiger partial charge in [-0.15, -0.1) is 0 Å². The minimum atomic E-state index is -4.30. The minimum absolute atomic E-state index is 0.153. The first-order valence-corrected chi connectivity index (χ1v) is 8.47. The normalized spacial score (nSPS) is 14.1. The number of hydrogen-bond donors (Lipinski definition) is 1. The van der Waals surface area contributed by atoms with Crippen LogP contribution in [0.15, 0.2) is 47.6 Å². The predicted molar refractivity (Wildman–Crippen MR) is 82.6 cm³/mol. The molecule has 3 rings (SSSR count). The van der Waals surface area contributed by atoms with Gasteiger partial charge in [-0.1, -0.05) is 10.7 Å². The number of benzene rings is 1. The van der Waals surface area contributed by atoms with Crippen LogP contribution in [-0.2, 0) is 10.1 Å². The van der Waals surface area contributed by atoms with Gasteiger partial charge in [0.1, 0.15) is 10.1 Å². The van der Waals surface area contributed by atoms with Crippen LogP contribution in [-0.4, -0.2) is 13.0 Å². The second kappa shape index (κ2) is 6.46. The van der Waals surface area contributed by atoms with Crippen LogP contribution >= 0.6 is 0 Å². The fourth-order valence-corrected chi connectivity index (χ4v) is 2.88. The standard InChI is InChI=1S/C8H11N2.C8H10O3S/c9-10-5-3-8(4-6-10)7-1-2-7;1-6-3-7(2)5-8(4-6)12(9,10)11/h3-7H,1-2,9H2;3-5H,1-2H3,(H,9,10,11)/q+1;/p-1. The molecule has 0 unspecified atom stereocenters. The predicted octanol–water partition coefficient (Wildman–Crippen LogP) is 1.77. The Morgan fingerprint density at radius 2 is 1.59 bits per heavy atom. The number of pyridine rings is 1. The summed E-state index contributed by atoms with van der Waals surface area (Å²) in [7, 11) is -4.30. The zero-order valence-electron chi connectivity index (χ0n) is 12.7. The maximum atomic E-state index is 10.6. The first kappa shape index (κ1) is 16.5. The van der Waals surface area contributed by atoms with Gasteiger partial charge < -0.3 is 4.55 Å². The van der Waals surface area contributed by atoms with Crippen LogP contribution in [0.25, 0.3) is 0 Å². The molecule has 1 heterocycles. The molecule has 1 aromatic carbocycles. The van der Waals surface area contributed by atoms with Crippen molar-refractivity contribution in [2.24, 2.45) is 0 Å². The Balaban J connectivity index is 0.000000162. The van der Waals surface area contributed by atoms with Crippen LogP contribution in [0, 0.1) is 13.8 Å². The number of aromatic nitrogens is 1. The molecule has 1 aromatic heterocycles. The molecular weight excluding hydrogens is 300 g/mol. The zero-order valence-corrected chi connectivity index (χ0v) is 13.5. The third kappa shape index (κ3) is 4.82. The molecule has 0 spiro atoms. The van der Waals surface area contributed by atoms with Crippen molar-refractivity contribution in [1.29, 1.82) is 0 Å². The molecule has 6 heteroatoms. The summed E-state index contributed by atoms with van der Waals surface area (Å²) in [5, 5.41) is 0. The molecule has 1 aliphatic rings. The number of nitrogens with zero attached hydrogens (tertiary/aromatic N) is 1. The molecular formula is C16H20N2O3S. The van der Waals surface area contributed by atoms with E-state index in [1.807, 2.05) is 18.5 Å². The van der Waals surface area contributed by atoms with Gasteiger partial charge in [0.15, 0.2) is 12.4 Å². The van der Waals surface area contributed by atoms with Gasteiger partial charge in [-0.2, -0.15) is 0 Å². The lowest BCUT2D eigenvalue weighted by atomic mass is 10.2. The second-order valence-electron chi connectivity index (χ2n) is 5.63. The van der Waals surface area contributed by atoms with Crippen LogP contribution in [0.1, 0.15) is 35.4 Å². The number of nitrogen functional groups attached to an aromatic ring is 1. The van der Waals surface area contributed by atoms with E-state index in [0.717, 1.165) is 17.0 Å². The molecule has 118 valence electrons. The molecule has 5 nitrogen and oxygen atoms in total. The van der Waals surface area contributed by atoms with Crippen molar-refractivity contribution in [2.75, 3.05) is 5.84 Å². The van der Waals surface area contributed by atoms with Gasteiger partial charge in [-0.25, -0.2) is 14.3 Å². The molecule has 0 saturated heterocycles. The summed E-state index contributed by atoms with van der Waals surface area (Å²) in [6.07, 6.45) is 6.50. The fraction of sp³-hybridized carbons (Fsp3) is 0.312. The average Bonchev–Trinajstić information content (AvgIpc) is 3.22. The highest BCUT2D eigenvalue weighted by Gasteiger charge is 2.23. The molecule has 0 atom stereocenters. The maximum absolute atomic E-state index is 10.6. The molecule has 1 saturated carbocycles. The van der Waals surface area contributed by atoms with Crippen molar-refractivity contribution in [3.8, 4) is 0 Å². The van der Waals surface area contributed by atoms with Crippen molar-refractivity contribution in [3.63, 3.8) is 0 Å². The summed E-state index contributed by atoms with van der Waals surface area (Å²) < 4.78 is 33.3. The Morgan fingerprint density at radius 1 is 1.09 bits per heavy atom. The van der Waals surface area contributed by atoms with Crippen molar-refractivity contribution in [1.82, 2.24) is 0 Å². The van der Waals surface area contributed by atoms with Crippen LogP contribution in [0.2, 0.25) is 0 Å². The van der Waals surface area contributed by atoms with E-state index in [1.54, 1.807) is 18.5 Å². The largest absolute Gasteiger partial charge is 0.744 e. The molecule has 0 amide bonds. The van der Waals surface area contributed by atoms with Crippen molar-refractivity contribution in [3.05, 3.63) is 59.4 Å². The summed E-state index contributed by atoms with van der Waals surface area (Å²) in [5.74, 6) is 6.30. The van der Waals surface area contributed by atoms with Crippen molar-refractivity contribution in [2.45, 2.75) is 37.5 Å². The van der Waals surface area contributed by atoms with E-state index in [9.17, 15) is 13.0 Å². The number of aryl methyl sites for hydroxylation is 2. The average molecular weight is 320 g/mol. The Kier molecular flexibility index (Phi) is 4.83. The molecule has 1 aliphatic carbocycles. The van der Waals surface area contributed by atoms with Gasteiger partial charge in [0.05, 0.1) is 4.90 Å². The van der Waals surface area contributed by atoms with E-state index in [-0.39, 0.29) is 4.90 Å². The highest BCUT2D eigenvalue weighted by Crippen LogP contribution is 2.39. The lowest BCUT2D eigenvalue weighted by Crippen LogP contribution is -2.43. The summed E-state index contributed by atoms with van der Waals surface area (Å²) in [5.41, 5.74) is 3.00. The van der Waals surface area contributed by atoms with Crippen molar-refractivity contribution < 1.29 is 17.6 Å². The van der Waals surface area contributed by atoms with E-state index < -0.39 is 10.1 Å². The molecule has 1 fully saturated rings. The molecule has 2 aromatic rings. The van der Waals surface area contributed by atoms with E-state index in [1.165, 1.54) is 30.5 Å². The van der Waals surface area contributed by atoms with Gasteiger partial charge in [-0.3, -0.25) is 0 Å². The number of rotatable bonds is 2. The number of hydrogen-bond acceptors (Lipinski definition) is 4. The molecule has 2 N–H and O–H groups in total. The SMILES string of the molecule is Cc1cc(C)cc(S(=O)(=O)[O-])c1.N[n+]1ccc(C2CC2)cc1. The highest BCUT2D eigenvalue weighted by atomic mass is 32.2. The Hall–Kier alpha value is -1.92. The zero-order chi connectivity index (χ0) is 16.3. The van der Waals surface area contributed by atoms with Gasteiger partial charge in [0.25, 0.3) is 0 Å². The Morgan fingerprint density at radius 3 is 2.00 bits per heavy atom. The summed E-state index contributed by atoms with van der Waals surface area (Å²) in [6, 6.07) is 8.74. The molecule has 0 bridgehead atoms. The van der Waals surface area contributed by atoms with E-state index in [0.29, 0.717) is 0 Å². The first-order chi connectivity index (χ1) is 10.3. The summed E-state index contributed by atoms with van der Waals surface area (Å²) >= 11 is 0. The molecule has 22 heavy (non-hydrogen) atoms. The quantitative estimate of drug-likeness (QED) is 0.519. The maximum Gasteiger partial charge on any atom is 0.199 e. The lowest BCUT2D eigenvalue weighted by molar-refractivity contribution is -0.639. The van der Waals surface area contributed by atoms with E-state index in [4.69, 9.17) is 5.84 Å². The minimum Gasteiger partial charge on any atom is -0.744 e. The van der Waals surface area contributed by atoms with Crippen LogP contribution in [0.3, 0.4) is 0 Å². The van der Waals surface area contributed by atoms with Gasteiger partial charge in [-0.05, 0) is 61.4 Å². The van der Waals surface area contributed by atoms with Crippen LogP contribution < -0.4 is 10.5 Å².